The smallest absolute Gasteiger partial charge is 0.488 e. The molecular weight excluding hydrogens is 719 g/mol. The summed E-state index contributed by atoms with van der Waals surface area (Å²) in [7, 11) is 4.74. The lowest BCUT2D eigenvalue weighted by Crippen LogP contribution is -2.29. The quantitative estimate of drug-likeness (QED) is 0.160. The molecule has 0 aliphatic carbocycles. The Hall–Kier alpha value is -5.07. The molecule has 8 rings (SSSR count). The number of hydrogen-bond acceptors (Lipinski definition) is 14. The molecule has 6 aromatic rings. The number of aromatic nitrogens is 8. The Kier molecular flexibility index (Phi) is 13.1. The van der Waals surface area contributed by atoms with Gasteiger partial charge in [0.05, 0.1) is 51.6 Å². The van der Waals surface area contributed by atoms with E-state index in [0.29, 0.717) is 34.3 Å². The molecule has 54 heavy (non-hydrogen) atoms. The molecule has 2 fully saturated rings. The lowest BCUT2D eigenvalue weighted by atomic mass is 9.80. The fourth-order valence-electron chi connectivity index (χ4n) is 5.96. The fourth-order valence-corrected chi connectivity index (χ4v) is 6.09. The Morgan fingerprint density at radius 2 is 1.13 bits per heavy atom. The normalized spacial score (nSPS) is 16.8. The van der Waals surface area contributed by atoms with Crippen LogP contribution in [0.4, 0.5) is 0 Å². The molecule has 2 aromatic carbocycles. The monoisotopic (exact) mass is 760 g/mol. The lowest BCUT2D eigenvalue weighted by Gasteiger charge is -2.23. The second-order valence-electron chi connectivity index (χ2n) is 12.3. The lowest BCUT2D eigenvalue weighted by molar-refractivity contribution is -0.0371. The van der Waals surface area contributed by atoms with Crippen molar-refractivity contribution in [1.82, 2.24) is 39.5 Å². The van der Waals surface area contributed by atoms with Gasteiger partial charge in [-0.3, -0.25) is 0 Å². The topological polar surface area (TPSA) is 183 Å². The zero-order valence-corrected chi connectivity index (χ0v) is 31.2. The minimum absolute atomic E-state index is 0.0165. The van der Waals surface area contributed by atoms with Crippen LogP contribution in [0, 0.1) is 0 Å². The highest BCUT2D eigenvalue weighted by Crippen LogP contribution is 2.30. The van der Waals surface area contributed by atoms with Crippen LogP contribution in [0.1, 0.15) is 51.0 Å². The number of nitrogens with zero attached hydrogens (tertiary/aromatic N) is 8. The number of hydrogen-bond donors (Lipinski definition) is 2. The predicted molar refractivity (Wildman–Crippen MR) is 201 cm³/mol. The van der Waals surface area contributed by atoms with Crippen molar-refractivity contribution in [3.05, 3.63) is 66.5 Å². The molecule has 0 spiro atoms. The molecule has 16 nitrogen and oxygen atoms in total. The number of fused-ring (bicyclic) bond motifs is 2. The molecule has 6 heterocycles. The number of halogens is 1. The maximum Gasteiger partial charge on any atom is 0.488 e. The zero-order valence-electron chi connectivity index (χ0n) is 30.5. The van der Waals surface area contributed by atoms with Crippen LogP contribution in [0.3, 0.4) is 0 Å². The maximum atomic E-state index is 8.91. The van der Waals surface area contributed by atoms with E-state index < -0.39 is 7.12 Å². The summed E-state index contributed by atoms with van der Waals surface area (Å²) >= 11 is 5.78. The average molecular weight is 761 g/mol. The van der Waals surface area contributed by atoms with E-state index in [-0.39, 0.29) is 17.7 Å². The summed E-state index contributed by atoms with van der Waals surface area (Å²) in [4.78, 5) is 17.3. The van der Waals surface area contributed by atoms with Crippen LogP contribution in [0.15, 0.2) is 61.2 Å². The SMILES string of the molecule is COc1cc(OC)cc(-c2ncc3cnn(C4CCCCO4)c3n2)c1.COc1cc(OC)cc(B(O)O)c1.Clc1ncc2cnn(C3CCCCO3)c2n1. The van der Waals surface area contributed by atoms with Crippen molar-refractivity contribution in [2.24, 2.45) is 0 Å². The molecule has 18 heteroatoms. The van der Waals surface area contributed by atoms with Crippen molar-refractivity contribution < 1.29 is 38.5 Å². The Labute approximate surface area is 317 Å². The molecule has 284 valence electrons. The van der Waals surface area contributed by atoms with Gasteiger partial charge in [0.25, 0.3) is 0 Å². The van der Waals surface area contributed by atoms with Gasteiger partial charge in [-0.05, 0) is 79.9 Å². The molecule has 4 aromatic heterocycles. The van der Waals surface area contributed by atoms with Gasteiger partial charge in [0.15, 0.2) is 29.6 Å². The van der Waals surface area contributed by atoms with E-state index in [9.17, 15) is 0 Å². The Morgan fingerprint density at radius 3 is 1.59 bits per heavy atom. The van der Waals surface area contributed by atoms with Crippen molar-refractivity contribution in [2.45, 2.75) is 51.0 Å². The molecule has 2 atom stereocenters. The predicted octanol–water partition coefficient (Wildman–Crippen LogP) is 4.77. The first kappa shape index (κ1) is 38.7. The van der Waals surface area contributed by atoms with E-state index in [1.165, 1.54) is 26.4 Å². The molecule has 0 amide bonds. The van der Waals surface area contributed by atoms with Gasteiger partial charge in [-0.15, -0.1) is 0 Å². The largest absolute Gasteiger partial charge is 0.497 e. The van der Waals surface area contributed by atoms with E-state index in [2.05, 4.69) is 25.1 Å². The van der Waals surface area contributed by atoms with Gasteiger partial charge in [-0.25, -0.2) is 24.3 Å². The van der Waals surface area contributed by atoms with Crippen LogP contribution in [0.5, 0.6) is 23.0 Å². The molecule has 2 aliphatic rings. The second-order valence-corrected chi connectivity index (χ2v) is 12.7. The highest BCUT2D eigenvalue weighted by Gasteiger charge is 2.21. The van der Waals surface area contributed by atoms with E-state index in [1.54, 1.807) is 49.8 Å². The Balaban J connectivity index is 0.000000148. The van der Waals surface area contributed by atoms with Crippen molar-refractivity contribution in [3.63, 3.8) is 0 Å². The van der Waals surface area contributed by atoms with Crippen molar-refractivity contribution in [1.29, 1.82) is 0 Å². The van der Waals surface area contributed by atoms with E-state index in [1.807, 2.05) is 22.9 Å². The summed E-state index contributed by atoms with van der Waals surface area (Å²) in [5.41, 5.74) is 2.69. The number of rotatable bonds is 8. The van der Waals surface area contributed by atoms with E-state index in [4.69, 9.17) is 55.1 Å². The summed E-state index contributed by atoms with van der Waals surface area (Å²) in [6.07, 6.45) is 13.3. The standard InChI is InChI=1S/C18H20N4O3.C10H11ClN4O.C8H11BO4/c1-23-14-7-12(8-15(9-14)24-2)17-19-10-13-11-20-22(18(13)21-17)16-5-3-4-6-25-16;11-10-12-5-7-6-13-15(9(7)14-10)8-3-1-2-4-16-8;1-12-7-3-6(9(10)11)4-8(5-7)13-2/h7-11,16H,3-6H2,1-2H3;5-6,8H,1-4H2;3-5,10-11H,1-2H3. The summed E-state index contributed by atoms with van der Waals surface area (Å²) in [5.74, 6) is 3.05. The Morgan fingerprint density at radius 1 is 0.648 bits per heavy atom. The summed E-state index contributed by atoms with van der Waals surface area (Å²) < 4.78 is 35.7. The average Bonchev–Trinajstić information content (AvgIpc) is 3.85. The highest BCUT2D eigenvalue weighted by atomic mass is 35.5. The third-order valence-electron chi connectivity index (χ3n) is 8.78. The second kappa shape index (κ2) is 18.3. The minimum atomic E-state index is -1.51. The third kappa shape index (κ3) is 9.35. The molecule has 0 saturated carbocycles. The molecule has 2 unspecified atom stereocenters. The third-order valence-corrected chi connectivity index (χ3v) is 8.96. The van der Waals surface area contributed by atoms with Crippen molar-refractivity contribution in [3.8, 4) is 34.4 Å². The van der Waals surface area contributed by atoms with Crippen LogP contribution in [-0.2, 0) is 9.47 Å². The van der Waals surface area contributed by atoms with Gasteiger partial charge in [0.1, 0.15) is 23.0 Å². The van der Waals surface area contributed by atoms with E-state index >= 15 is 0 Å². The number of ether oxygens (including phenoxy) is 6. The summed E-state index contributed by atoms with van der Waals surface area (Å²) in [6.45, 7) is 1.54. The molecule has 2 N–H and O–H groups in total. The van der Waals surface area contributed by atoms with Crippen LogP contribution < -0.4 is 24.4 Å². The zero-order chi connectivity index (χ0) is 38.0. The van der Waals surface area contributed by atoms with Crippen molar-refractivity contribution >= 4 is 46.2 Å². The van der Waals surface area contributed by atoms with Gasteiger partial charge in [-0.2, -0.15) is 15.2 Å². The minimum Gasteiger partial charge on any atom is -0.497 e. The molecule has 0 radical (unpaired) electrons. The van der Waals surface area contributed by atoms with Gasteiger partial charge in [0, 0.05) is 43.3 Å². The molecule has 2 saturated heterocycles. The van der Waals surface area contributed by atoms with Crippen LogP contribution in [-0.4, -0.2) is 98.3 Å². The first-order valence-electron chi connectivity index (χ1n) is 17.4. The molecular formula is C36H42BClN8O8. The van der Waals surface area contributed by atoms with Gasteiger partial charge in [-0.1, -0.05) is 0 Å². The van der Waals surface area contributed by atoms with Crippen LogP contribution in [0.2, 0.25) is 5.28 Å². The summed E-state index contributed by atoms with van der Waals surface area (Å²) in [5, 5.41) is 28.6. The number of methoxy groups -OCH3 is 4. The number of benzene rings is 2. The van der Waals surface area contributed by atoms with Crippen LogP contribution >= 0.6 is 11.6 Å². The van der Waals surface area contributed by atoms with Gasteiger partial charge >= 0.3 is 7.12 Å². The molecule has 0 bridgehead atoms. The first-order chi connectivity index (χ1) is 26.3. The maximum absolute atomic E-state index is 8.91. The fraction of sp³-hybridized carbons (Fsp3) is 0.389. The molecule has 2 aliphatic heterocycles. The Bertz CT molecular complexity index is 2090. The summed E-state index contributed by atoms with van der Waals surface area (Å²) in [6, 6.07) is 10.3. The van der Waals surface area contributed by atoms with Gasteiger partial charge in [0.2, 0.25) is 5.28 Å². The highest BCUT2D eigenvalue weighted by molar-refractivity contribution is 6.58. The van der Waals surface area contributed by atoms with Crippen LogP contribution in [0.25, 0.3) is 33.5 Å². The first-order valence-corrected chi connectivity index (χ1v) is 17.8. The van der Waals surface area contributed by atoms with E-state index in [0.717, 1.165) is 79.4 Å². The van der Waals surface area contributed by atoms with Gasteiger partial charge < -0.3 is 38.5 Å². The van der Waals surface area contributed by atoms with Crippen molar-refractivity contribution in [2.75, 3.05) is 41.7 Å².